The zero-order chi connectivity index (χ0) is 14.3. The fraction of sp³-hybridized carbons (Fsp3) is 0.214. The van der Waals surface area contributed by atoms with Crippen molar-refractivity contribution in [1.29, 1.82) is 5.26 Å². The molecule has 0 radical (unpaired) electrons. The Labute approximate surface area is 125 Å². The molecule has 0 aliphatic carbocycles. The number of fused-ring (bicyclic) bond motifs is 1. The molecule has 0 N–H and O–H groups in total. The highest BCUT2D eigenvalue weighted by Gasteiger charge is 2.18. The number of aromatic nitrogens is 3. The molecule has 0 saturated carbocycles. The van der Waals surface area contributed by atoms with Crippen molar-refractivity contribution >= 4 is 27.9 Å². The summed E-state index contributed by atoms with van der Waals surface area (Å²) in [6, 6.07) is 9.67. The van der Waals surface area contributed by atoms with Gasteiger partial charge in [0.2, 0.25) is 4.96 Å². The molecule has 0 fully saturated rings. The molecular formula is C14H11ClN4S. The Morgan fingerprint density at radius 3 is 2.60 bits per heavy atom. The lowest BCUT2D eigenvalue weighted by atomic mass is 10.1. The molecule has 0 amide bonds. The Morgan fingerprint density at radius 2 is 2.00 bits per heavy atom. The van der Waals surface area contributed by atoms with Gasteiger partial charge in [-0.05, 0) is 18.1 Å². The topological polar surface area (TPSA) is 54.0 Å². The highest BCUT2D eigenvalue weighted by atomic mass is 35.5. The van der Waals surface area contributed by atoms with Crippen LogP contribution in [0.2, 0.25) is 5.02 Å². The average Bonchev–Trinajstić information content (AvgIpc) is 2.96. The van der Waals surface area contributed by atoms with Crippen molar-refractivity contribution in [2.75, 3.05) is 0 Å². The Morgan fingerprint density at radius 1 is 1.30 bits per heavy atom. The largest absolute Gasteiger partial charge is 0.221 e. The van der Waals surface area contributed by atoms with Gasteiger partial charge in [0.05, 0.1) is 5.69 Å². The van der Waals surface area contributed by atoms with Crippen LogP contribution in [0.1, 0.15) is 31.2 Å². The van der Waals surface area contributed by atoms with E-state index >= 15 is 0 Å². The van der Waals surface area contributed by atoms with Gasteiger partial charge < -0.3 is 0 Å². The van der Waals surface area contributed by atoms with E-state index in [1.165, 1.54) is 11.3 Å². The number of hydrogen-bond acceptors (Lipinski definition) is 4. The van der Waals surface area contributed by atoms with E-state index < -0.39 is 0 Å². The van der Waals surface area contributed by atoms with Gasteiger partial charge in [0.1, 0.15) is 11.1 Å². The minimum Gasteiger partial charge on any atom is -0.221 e. The van der Waals surface area contributed by atoms with E-state index in [0.29, 0.717) is 10.7 Å². The summed E-state index contributed by atoms with van der Waals surface area (Å²) >= 11 is 7.35. The number of nitrogens with zero attached hydrogens (tertiary/aromatic N) is 4. The third-order valence-electron chi connectivity index (χ3n) is 2.97. The van der Waals surface area contributed by atoms with Crippen molar-refractivity contribution < 1.29 is 0 Å². The second-order valence-corrected chi connectivity index (χ2v) is 6.11. The van der Waals surface area contributed by atoms with Gasteiger partial charge >= 0.3 is 0 Å². The minimum absolute atomic E-state index is 0.206. The first kappa shape index (κ1) is 13.1. The van der Waals surface area contributed by atoms with Gasteiger partial charge in [0.25, 0.3) is 0 Å². The predicted octanol–water partition coefficient (Wildman–Crippen LogP) is 4.11. The van der Waals surface area contributed by atoms with Crippen LogP contribution in [0, 0.1) is 11.3 Å². The van der Waals surface area contributed by atoms with Crippen LogP contribution in [0.15, 0.2) is 24.3 Å². The van der Waals surface area contributed by atoms with Crippen LogP contribution in [0.3, 0.4) is 0 Å². The molecule has 100 valence electrons. The van der Waals surface area contributed by atoms with E-state index in [9.17, 15) is 5.26 Å². The molecule has 0 bridgehead atoms. The third kappa shape index (κ3) is 2.07. The second-order valence-electron chi connectivity index (χ2n) is 4.72. The van der Waals surface area contributed by atoms with Gasteiger partial charge in [0, 0.05) is 10.6 Å². The Balaban J connectivity index is 2.15. The van der Waals surface area contributed by atoms with Gasteiger partial charge in [0.15, 0.2) is 5.69 Å². The number of benzene rings is 1. The molecule has 1 aromatic carbocycles. The first-order valence-corrected chi connectivity index (χ1v) is 7.35. The summed E-state index contributed by atoms with van der Waals surface area (Å²) in [5.74, 6) is 0.206. The minimum atomic E-state index is 0.206. The second kappa shape index (κ2) is 4.89. The van der Waals surface area contributed by atoms with Gasteiger partial charge in [-0.3, -0.25) is 0 Å². The SMILES string of the molecule is CC(C)c1nc2sc(-c3ccc(Cl)cc3)nn2c1C#N. The zero-order valence-corrected chi connectivity index (χ0v) is 12.5. The maximum absolute atomic E-state index is 9.31. The maximum atomic E-state index is 9.31. The summed E-state index contributed by atoms with van der Waals surface area (Å²) in [7, 11) is 0. The van der Waals surface area contributed by atoms with Crippen LogP contribution in [0.5, 0.6) is 0 Å². The quantitative estimate of drug-likeness (QED) is 0.716. The number of nitriles is 1. The van der Waals surface area contributed by atoms with Crippen molar-refractivity contribution in [2.24, 2.45) is 0 Å². The first-order chi connectivity index (χ1) is 9.60. The van der Waals surface area contributed by atoms with Crippen LogP contribution in [0.4, 0.5) is 0 Å². The molecule has 0 saturated heterocycles. The van der Waals surface area contributed by atoms with E-state index in [2.05, 4.69) is 16.2 Å². The molecule has 3 aromatic rings. The van der Waals surface area contributed by atoms with Crippen molar-refractivity contribution in [1.82, 2.24) is 14.6 Å². The number of rotatable bonds is 2. The molecule has 2 aromatic heterocycles. The highest BCUT2D eigenvalue weighted by molar-refractivity contribution is 7.19. The molecule has 6 heteroatoms. The van der Waals surface area contributed by atoms with E-state index in [0.717, 1.165) is 21.2 Å². The van der Waals surface area contributed by atoms with Crippen molar-refractivity contribution in [3.05, 3.63) is 40.7 Å². The van der Waals surface area contributed by atoms with Crippen molar-refractivity contribution in [3.63, 3.8) is 0 Å². The molecule has 0 aliphatic rings. The predicted molar refractivity (Wildman–Crippen MR) is 80.1 cm³/mol. The lowest BCUT2D eigenvalue weighted by Gasteiger charge is -1.99. The lowest BCUT2D eigenvalue weighted by molar-refractivity contribution is 0.822. The third-order valence-corrected chi connectivity index (χ3v) is 4.18. The smallest absolute Gasteiger partial charge is 0.213 e. The fourth-order valence-electron chi connectivity index (χ4n) is 1.98. The summed E-state index contributed by atoms with van der Waals surface area (Å²) in [4.78, 5) is 5.26. The normalized spacial score (nSPS) is 11.2. The van der Waals surface area contributed by atoms with Gasteiger partial charge in [-0.1, -0.05) is 48.9 Å². The Kier molecular flexibility index (Phi) is 3.20. The number of hydrogen-bond donors (Lipinski definition) is 0. The summed E-state index contributed by atoms with van der Waals surface area (Å²) in [5, 5.41) is 15.3. The Hall–Kier alpha value is -1.90. The van der Waals surface area contributed by atoms with E-state index in [4.69, 9.17) is 11.6 Å². The molecule has 0 aliphatic heterocycles. The number of imidazole rings is 1. The number of halogens is 1. The molecule has 3 rings (SSSR count). The first-order valence-electron chi connectivity index (χ1n) is 6.15. The molecule has 2 heterocycles. The van der Waals surface area contributed by atoms with E-state index in [1.54, 1.807) is 4.52 Å². The molecule has 0 unspecified atom stereocenters. The maximum Gasteiger partial charge on any atom is 0.213 e. The van der Waals surface area contributed by atoms with Crippen molar-refractivity contribution in [3.8, 4) is 16.6 Å². The van der Waals surface area contributed by atoms with Crippen LogP contribution in [-0.4, -0.2) is 14.6 Å². The fourth-order valence-corrected chi connectivity index (χ4v) is 3.02. The standard InChI is InChI=1S/C14H11ClN4S/c1-8(2)12-11(7-16)19-14(17-12)20-13(18-19)9-3-5-10(15)6-4-9/h3-6,8H,1-2H3. The summed E-state index contributed by atoms with van der Waals surface area (Å²) in [6.45, 7) is 4.04. The summed E-state index contributed by atoms with van der Waals surface area (Å²) in [6.07, 6.45) is 0. The zero-order valence-electron chi connectivity index (χ0n) is 11.0. The Bertz CT molecular complexity index is 808. The van der Waals surface area contributed by atoms with E-state index in [1.807, 2.05) is 38.1 Å². The van der Waals surface area contributed by atoms with Gasteiger partial charge in [-0.15, -0.1) is 0 Å². The molecule has 20 heavy (non-hydrogen) atoms. The van der Waals surface area contributed by atoms with Crippen LogP contribution >= 0.6 is 22.9 Å². The lowest BCUT2D eigenvalue weighted by Crippen LogP contribution is -1.95. The molecule has 0 spiro atoms. The van der Waals surface area contributed by atoms with Gasteiger partial charge in [-0.25, -0.2) is 4.98 Å². The molecule has 4 nitrogen and oxygen atoms in total. The molecule has 0 atom stereocenters. The van der Waals surface area contributed by atoms with Gasteiger partial charge in [-0.2, -0.15) is 14.9 Å². The van der Waals surface area contributed by atoms with Crippen molar-refractivity contribution in [2.45, 2.75) is 19.8 Å². The molecular weight excluding hydrogens is 292 g/mol. The van der Waals surface area contributed by atoms with Crippen LogP contribution in [0.25, 0.3) is 15.5 Å². The monoisotopic (exact) mass is 302 g/mol. The summed E-state index contributed by atoms with van der Waals surface area (Å²) < 4.78 is 1.63. The highest BCUT2D eigenvalue weighted by Crippen LogP contribution is 2.29. The van der Waals surface area contributed by atoms with E-state index in [-0.39, 0.29) is 5.92 Å². The average molecular weight is 303 g/mol. The van der Waals surface area contributed by atoms with Crippen LogP contribution in [-0.2, 0) is 0 Å². The van der Waals surface area contributed by atoms with Crippen LogP contribution < -0.4 is 0 Å². The summed E-state index contributed by atoms with van der Waals surface area (Å²) in [5.41, 5.74) is 2.29.